The average Bonchev–Trinajstić information content (AvgIpc) is 2.91. The van der Waals surface area contributed by atoms with E-state index in [1.54, 1.807) is 42.9 Å². The number of hydroxylamine groups is 1. The molecule has 0 aliphatic rings. The van der Waals surface area contributed by atoms with Crippen molar-refractivity contribution < 1.29 is 14.7 Å². The number of ether oxygens (including phenoxy) is 1. The zero-order valence-corrected chi connectivity index (χ0v) is 12.1. The first-order valence-electron chi connectivity index (χ1n) is 6.02. The Hall–Kier alpha value is -2.43. The second kappa shape index (κ2) is 6.83. The van der Waals surface area contributed by atoms with Gasteiger partial charge in [-0.3, -0.25) is 10.0 Å². The highest BCUT2D eigenvalue weighted by Gasteiger charge is 2.14. The first-order valence-corrected chi connectivity index (χ1v) is 6.42. The molecule has 0 bridgehead atoms. The summed E-state index contributed by atoms with van der Waals surface area (Å²) >= 11 is 4.01. The van der Waals surface area contributed by atoms with Crippen LogP contribution < -0.4 is 10.2 Å². The van der Waals surface area contributed by atoms with Gasteiger partial charge >= 0.3 is 0 Å². The fourth-order valence-corrected chi connectivity index (χ4v) is 1.94. The van der Waals surface area contributed by atoms with Crippen molar-refractivity contribution in [3.63, 3.8) is 0 Å². The van der Waals surface area contributed by atoms with Gasteiger partial charge in [-0.25, -0.2) is 9.57 Å². The van der Waals surface area contributed by atoms with Crippen molar-refractivity contribution >= 4 is 18.7 Å². The second-order valence-electron chi connectivity index (χ2n) is 4.01. The lowest BCUT2D eigenvalue weighted by molar-refractivity contribution is 0.0703. The lowest BCUT2D eigenvalue weighted by Gasteiger charge is -2.10. The molecule has 0 atom stereocenters. The summed E-state index contributed by atoms with van der Waals surface area (Å²) in [4.78, 5) is 11.7. The molecule has 2 N–H and O–H groups in total. The van der Waals surface area contributed by atoms with Gasteiger partial charge in [0.1, 0.15) is 6.61 Å². The Morgan fingerprint density at radius 1 is 1.52 bits per heavy atom. The van der Waals surface area contributed by atoms with Gasteiger partial charge in [0.2, 0.25) is 5.88 Å². The number of benzene rings is 1. The van der Waals surface area contributed by atoms with Gasteiger partial charge in [-0.2, -0.15) is 0 Å². The van der Waals surface area contributed by atoms with Crippen molar-refractivity contribution in [1.82, 2.24) is 14.7 Å². The van der Waals surface area contributed by atoms with Crippen molar-refractivity contribution in [3.05, 3.63) is 47.2 Å². The van der Waals surface area contributed by atoms with E-state index in [0.717, 1.165) is 0 Å². The molecule has 21 heavy (non-hydrogen) atoms. The van der Waals surface area contributed by atoms with Gasteiger partial charge in [0, 0.05) is 29.0 Å². The Kier molecular flexibility index (Phi) is 4.87. The third kappa shape index (κ3) is 3.56. The van der Waals surface area contributed by atoms with E-state index in [1.807, 2.05) is 0 Å². The van der Waals surface area contributed by atoms with Crippen molar-refractivity contribution in [2.75, 3.05) is 0 Å². The largest absolute Gasteiger partial charge is 0.472 e. The van der Waals surface area contributed by atoms with Gasteiger partial charge in [-0.1, -0.05) is 12.0 Å². The minimum Gasteiger partial charge on any atom is -0.472 e. The number of carbonyl (C=O) groups excluding carboxylic acids is 1. The fourth-order valence-electron chi connectivity index (χ4n) is 1.79. The van der Waals surface area contributed by atoms with Crippen molar-refractivity contribution in [1.29, 1.82) is 0 Å². The molecule has 2 rings (SSSR count). The number of hydrogen-bond acceptors (Lipinski definition) is 5. The second-order valence-corrected chi connectivity index (χ2v) is 4.42. The SMILES string of the molecule is CC#Cc1cccc(C(=O)NO)c1COc1ccn(S)n1. The molecule has 0 spiro atoms. The maximum absolute atomic E-state index is 11.7. The van der Waals surface area contributed by atoms with E-state index in [-0.39, 0.29) is 6.61 Å². The lowest BCUT2D eigenvalue weighted by Crippen LogP contribution is -2.21. The Morgan fingerprint density at radius 3 is 2.95 bits per heavy atom. The highest BCUT2D eigenvalue weighted by molar-refractivity contribution is 7.78. The molecule has 0 aliphatic heterocycles. The Bertz CT molecular complexity index is 716. The third-order valence-electron chi connectivity index (χ3n) is 2.70. The van der Waals surface area contributed by atoms with E-state index in [9.17, 15) is 4.79 Å². The van der Waals surface area contributed by atoms with Gasteiger partial charge in [-0.15, -0.1) is 11.0 Å². The van der Waals surface area contributed by atoms with Crippen molar-refractivity contribution in [2.24, 2.45) is 0 Å². The third-order valence-corrected chi connectivity index (χ3v) is 2.92. The number of nitrogens with zero attached hydrogens (tertiary/aromatic N) is 2. The molecule has 1 heterocycles. The number of hydrogen-bond donors (Lipinski definition) is 3. The molecule has 7 heteroatoms. The summed E-state index contributed by atoms with van der Waals surface area (Å²) in [5.74, 6) is 5.44. The molecular weight excluding hydrogens is 290 g/mol. The maximum Gasteiger partial charge on any atom is 0.275 e. The molecule has 6 nitrogen and oxygen atoms in total. The van der Waals surface area contributed by atoms with Crippen LogP contribution in [0.15, 0.2) is 30.5 Å². The minimum absolute atomic E-state index is 0.0956. The Morgan fingerprint density at radius 2 is 2.33 bits per heavy atom. The highest BCUT2D eigenvalue weighted by atomic mass is 32.1. The van der Waals surface area contributed by atoms with Gasteiger partial charge in [0.25, 0.3) is 5.91 Å². The van der Waals surface area contributed by atoms with Crippen LogP contribution in [0.4, 0.5) is 0 Å². The summed E-state index contributed by atoms with van der Waals surface area (Å²) in [6.45, 7) is 1.80. The zero-order valence-electron chi connectivity index (χ0n) is 11.2. The van der Waals surface area contributed by atoms with Crippen LogP contribution in [0.3, 0.4) is 0 Å². The number of carbonyl (C=O) groups is 1. The van der Waals surface area contributed by atoms with Crippen LogP contribution in [0.2, 0.25) is 0 Å². The molecule has 1 aromatic carbocycles. The molecule has 1 amide bonds. The standard InChI is InChI=1S/C14H13N3O3S/c1-2-4-10-5-3-6-11(14(18)16-19)12(10)9-20-13-7-8-17(21)15-13/h3,5-8,19,21H,9H2,1H3,(H,16,18). The summed E-state index contributed by atoms with van der Waals surface area (Å²) in [6, 6.07) is 6.70. The van der Waals surface area contributed by atoms with Gasteiger partial charge in [-0.05, 0) is 31.9 Å². The molecule has 0 fully saturated rings. The first kappa shape index (κ1) is 15.0. The monoisotopic (exact) mass is 303 g/mol. The van der Waals surface area contributed by atoms with Crippen LogP contribution in [0, 0.1) is 11.8 Å². The maximum atomic E-state index is 11.7. The Balaban J connectivity index is 2.33. The molecule has 108 valence electrons. The molecule has 0 unspecified atom stereocenters. The molecule has 0 radical (unpaired) electrons. The summed E-state index contributed by atoms with van der Waals surface area (Å²) < 4.78 is 6.84. The van der Waals surface area contributed by atoms with Crippen LogP contribution in [0.5, 0.6) is 5.88 Å². The van der Waals surface area contributed by atoms with E-state index in [2.05, 4.69) is 29.8 Å². The number of nitrogens with one attached hydrogen (secondary N) is 1. The predicted octanol–water partition coefficient (Wildman–Crippen LogP) is 1.65. The minimum atomic E-state index is -0.618. The van der Waals surface area contributed by atoms with E-state index in [4.69, 9.17) is 9.94 Å². The van der Waals surface area contributed by atoms with Crippen LogP contribution in [-0.2, 0) is 6.61 Å². The quantitative estimate of drug-likeness (QED) is 0.347. The average molecular weight is 303 g/mol. The fraction of sp³-hybridized carbons (Fsp3) is 0.143. The molecule has 0 saturated heterocycles. The number of rotatable bonds is 4. The number of amides is 1. The van der Waals surface area contributed by atoms with Crippen molar-refractivity contribution in [3.8, 4) is 17.7 Å². The van der Waals surface area contributed by atoms with Crippen LogP contribution in [0.25, 0.3) is 0 Å². The summed E-state index contributed by atoms with van der Waals surface area (Å²) in [5.41, 5.74) is 3.15. The van der Waals surface area contributed by atoms with Gasteiger partial charge in [0.05, 0.1) is 0 Å². The first-order chi connectivity index (χ1) is 10.2. The number of thiol groups is 1. The molecule has 0 aliphatic carbocycles. The van der Waals surface area contributed by atoms with E-state index in [0.29, 0.717) is 22.6 Å². The van der Waals surface area contributed by atoms with E-state index >= 15 is 0 Å². The van der Waals surface area contributed by atoms with Crippen LogP contribution >= 0.6 is 12.8 Å². The molecule has 1 aromatic heterocycles. The summed E-state index contributed by atoms with van der Waals surface area (Å²) in [7, 11) is 0. The lowest BCUT2D eigenvalue weighted by atomic mass is 10.0. The topological polar surface area (TPSA) is 76.4 Å². The summed E-state index contributed by atoms with van der Waals surface area (Å²) in [6.07, 6.45) is 1.62. The predicted molar refractivity (Wildman–Crippen MR) is 79.2 cm³/mol. The number of aromatic nitrogens is 2. The molecule has 2 aromatic rings. The van der Waals surface area contributed by atoms with Crippen LogP contribution in [-0.4, -0.2) is 20.3 Å². The van der Waals surface area contributed by atoms with Crippen LogP contribution in [0.1, 0.15) is 28.4 Å². The van der Waals surface area contributed by atoms with E-state index in [1.165, 1.54) is 4.09 Å². The highest BCUT2D eigenvalue weighted by Crippen LogP contribution is 2.17. The van der Waals surface area contributed by atoms with Gasteiger partial charge in [0.15, 0.2) is 0 Å². The molecule has 0 saturated carbocycles. The van der Waals surface area contributed by atoms with Crippen molar-refractivity contribution in [2.45, 2.75) is 13.5 Å². The summed E-state index contributed by atoms with van der Waals surface area (Å²) in [5, 5.41) is 12.8. The smallest absolute Gasteiger partial charge is 0.275 e. The normalized spacial score (nSPS) is 9.67. The van der Waals surface area contributed by atoms with Gasteiger partial charge < -0.3 is 4.74 Å². The molecular formula is C14H13N3O3S. The van der Waals surface area contributed by atoms with E-state index < -0.39 is 5.91 Å². The Labute approximate surface area is 127 Å². The zero-order chi connectivity index (χ0) is 15.2.